The molecule has 1 heterocycles. The molecule has 0 radical (unpaired) electrons. The summed E-state index contributed by atoms with van der Waals surface area (Å²) in [5.41, 5.74) is -2.52. The fourth-order valence-corrected chi connectivity index (χ4v) is 1.49. The first-order chi connectivity index (χ1) is 11.3. The summed E-state index contributed by atoms with van der Waals surface area (Å²) < 4.78 is 57.5. The Balaban J connectivity index is 3.04. The van der Waals surface area contributed by atoms with Gasteiger partial charge in [-0.3, -0.25) is 0 Å². The predicted molar refractivity (Wildman–Crippen MR) is 73.6 cm³/mol. The third-order valence-electron chi connectivity index (χ3n) is 2.61. The molecular weight excluding hydrogens is 335 g/mol. The number of hydrogen-bond donors (Lipinski definition) is 0. The normalized spacial score (nSPS) is 11.2. The second-order valence-electron chi connectivity index (χ2n) is 4.38. The van der Waals surface area contributed by atoms with Gasteiger partial charge in [0.25, 0.3) is 0 Å². The molecule has 0 amide bonds. The molecule has 10 heteroatoms. The summed E-state index contributed by atoms with van der Waals surface area (Å²) in [7, 11) is 2.73. The van der Waals surface area contributed by atoms with Crippen molar-refractivity contribution in [2.24, 2.45) is 0 Å². The van der Waals surface area contributed by atoms with Crippen LogP contribution in [0.15, 0.2) is 12.1 Å². The van der Waals surface area contributed by atoms with E-state index in [1.807, 2.05) is 0 Å². The molecule has 0 unspecified atom stereocenters. The summed E-state index contributed by atoms with van der Waals surface area (Å²) in [5, 5.41) is 0. The zero-order valence-electron chi connectivity index (χ0n) is 13.0. The van der Waals surface area contributed by atoms with Crippen LogP contribution in [0, 0.1) is 0 Å². The van der Waals surface area contributed by atoms with Crippen molar-refractivity contribution < 1.29 is 41.7 Å². The monoisotopic (exact) mass is 351 g/mol. The molecule has 7 nitrogen and oxygen atoms in total. The smallest absolute Gasteiger partial charge is 0.416 e. The van der Waals surface area contributed by atoms with Crippen molar-refractivity contribution in [3.05, 3.63) is 29.1 Å². The number of methoxy groups -OCH3 is 2. The van der Waals surface area contributed by atoms with Gasteiger partial charge >= 0.3 is 18.1 Å². The number of nitrogens with zero attached hydrogens (tertiary/aromatic N) is 1. The molecule has 0 atom stereocenters. The molecule has 1 aromatic rings. The van der Waals surface area contributed by atoms with Crippen LogP contribution in [-0.4, -0.2) is 57.6 Å². The zero-order chi connectivity index (χ0) is 18.2. The van der Waals surface area contributed by atoms with Crippen LogP contribution < -0.4 is 0 Å². The van der Waals surface area contributed by atoms with E-state index in [9.17, 15) is 22.8 Å². The van der Waals surface area contributed by atoms with Crippen LogP contribution >= 0.6 is 0 Å². The summed E-state index contributed by atoms with van der Waals surface area (Å²) in [4.78, 5) is 27.1. The maximum Gasteiger partial charge on any atom is 0.416 e. The van der Waals surface area contributed by atoms with Gasteiger partial charge in [0, 0.05) is 14.2 Å². The van der Waals surface area contributed by atoms with E-state index in [4.69, 9.17) is 9.47 Å². The predicted octanol–water partition coefficient (Wildman–Crippen LogP) is 1.71. The van der Waals surface area contributed by atoms with Crippen LogP contribution in [0.2, 0.25) is 0 Å². The number of rotatable bonds is 8. The van der Waals surface area contributed by atoms with Crippen LogP contribution in [0.1, 0.15) is 26.5 Å². The van der Waals surface area contributed by atoms with Crippen LogP contribution in [0.25, 0.3) is 0 Å². The number of carbonyl (C=O) groups excluding carboxylic acids is 2. The van der Waals surface area contributed by atoms with Gasteiger partial charge in [0.2, 0.25) is 0 Å². The number of pyridine rings is 1. The molecule has 0 aliphatic rings. The maximum atomic E-state index is 12.9. The molecule has 0 saturated carbocycles. The lowest BCUT2D eigenvalue weighted by atomic mass is 10.2. The third-order valence-corrected chi connectivity index (χ3v) is 2.61. The Kier molecular flexibility index (Phi) is 7.59. The molecule has 0 aliphatic heterocycles. The summed E-state index contributed by atoms with van der Waals surface area (Å²) in [6.07, 6.45) is -4.77. The average Bonchev–Trinajstić information content (AvgIpc) is 2.53. The molecule has 1 aromatic heterocycles. The first-order valence-corrected chi connectivity index (χ1v) is 6.71. The maximum absolute atomic E-state index is 12.9. The topological polar surface area (TPSA) is 84.0 Å². The summed E-state index contributed by atoms with van der Waals surface area (Å²) in [6.45, 7) is -0.199. The minimum atomic E-state index is -4.77. The van der Waals surface area contributed by atoms with Crippen molar-refractivity contribution in [2.75, 3.05) is 40.6 Å². The van der Waals surface area contributed by atoms with E-state index in [0.717, 1.165) is 0 Å². The summed E-state index contributed by atoms with van der Waals surface area (Å²) in [5.74, 6) is -2.21. The quantitative estimate of drug-likeness (QED) is 0.521. The van der Waals surface area contributed by atoms with E-state index < -0.39 is 35.1 Å². The number of carbonyl (C=O) groups is 2. The molecule has 0 spiro atoms. The van der Waals surface area contributed by atoms with Gasteiger partial charge < -0.3 is 18.9 Å². The Hall–Kier alpha value is -2.20. The van der Waals surface area contributed by atoms with Gasteiger partial charge in [-0.15, -0.1) is 0 Å². The van der Waals surface area contributed by atoms with E-state index in [0.29, 0.717) is 12.1 Å². The fraction of sp³-hybridized carbons (Fsp3) is 0.500. The van der Waals surface area contributed by atoms with Crippen LogP contribution in [-0.2, 0) is 25.1 Å². The molecule has 0 fully saturated rings. The first-order valence-electron chi connectivity index (χ1n) is 6.71. The summed E-state index contributed by atoms with van der Waals surface area (Å²) >= 11 is 0. The van der Waals surface area contributed by atoms with Crippen LogP contribution in [0.3, 0.4) is 0 Å². The Bertz CT molecular complexity index is 536. The van der Waals surface area contributed by atoms with Gasteiger partial charge in [-0.2, -0.15) is 13.2 Å². The highest BCUT2D eigenvalue weighted by Gasteiger charge is 2.33. The van der Waals surface area contributed by atoms with Crippen molar-refractivity contribution in [3.8, 4) is 0 Å². The second-order valence-corrected chi connectivity index (χ2v) is 4.38. The van der Waals surface area contributed by atoms with E-state index >= 15 is 0 Å². The lowest BCUT2D eigenvalue weighted by molar-refractivity contribution is -0.137. The Morgan fingerprint density at radius 3 is 1.67 bits per heavy atom. The van der Waals surface area contributed by atoms with Crippen molar-refractivity contribution >= 4 is 11.9 Å². The fourth-order valence-electron chi connectivity index (χ4n) is 1.49. The highest BCUT2D eigenvalue weighted by molar-refractivity contribution is 5.92. The number of alkyl halides is 3. The SMILES string of the molecule is COCCOC(=O)c1cc(C(F)(F)F)cc(C(=O)OCCOC)n1. The lowest BCUT2D eigenvalue weighted by Crippen LogP contribution is -2.18. The highest BCUT2D eigenvalue weighted by atomic mass is 19.4. The number of aromatic nitrogens is 1. The van der Waals surface area contributed by atoms with E-state index in [1.165, 1.54) is 14.2 Å². The van der Waals surface area contributed by atoms with Crippen molar-refractivity contribution in [2.45, 2.75) is 6.18 Å². The zero-order valence-corrected chi connectivity index (χ0v) is 13.0. The van der Waals surface area contributed by atoms with Crippen LogP contribution in [0.5, 0.6) is 0 Å². The molecule has 0 bridgehead atoms. The van der Waals surface area contributed by atoms with Crippen molar-refractivity contribution in [1.82, 2.24) is 4.98 Å². The average molecular weight is 351 g/mol. The number of hydrogen-bond acceptors (Lipinski definition) is 7. The summed E-state index contributed by atoms with van der Waals surface area (Å²) in [6, 6.07) is 1.00. The van der Waals surface area contributed by atoms with Gasteiger partial charge in [-0.05, 0) is 12.1 Å². The molecule has 0 saturated heterocycles. The van der Waals surface area contributed by atoms with Gasteiger partial charge in [0.1, 0.15) is 24.6 Å². The molecule has 24 heavy (non-hydrogen) atoms. The Labute approximate surface area is 135 Å². The Morgan fingerprint density at radius 2 is 1.33 bits per heavy atom. The van der Waals surface area contributed by atoms with Crippen molar-refractivity contribution in [3.63, 3.8) is 0 Å². The number of esters is 2. The molecule has 0 N–H and O–H groups in total. The lowest BCUT2D eigenvalue weighted by Gasteiger charge is -2.11. The molecule has 134 valence electrons. The highest BCUT2D eigenvalue weighted by Crippen LogP contribution is 2.30. The first kappa shape index (κ1) is 19.8. The van der Waals surface area contributed by atoms with Crippen LogP contribution in [0.4, 0.5) is 13.2 Å². The van der Waals surface area contributed by atoms with Gasteiger partial charge in [-0.25, -0.2) is 14.6 Å². The van der Waals surface area contributed by atoms with Crippen molar-refractivity contribution in [1.29, 1.82) is 0 Å². The minimum absolute atomic E-state index is 0.0661. The molecule has 1 rings (SSSR count). The molecule has 0 aromatic carbocycles. The van der Waals surface area contributed by atoms with Gasteiger partial charge in [-0.1, -0.05) is 0 Å². The number of halogens is 3. The van der Waals surface area contributed by atoms with E-state index in [-0.39, 0.29) is 26.4 Å². The van der Waals surface area contributed by atoms with Gasteiger partial charge in [0.05, 0.1) is 18.8 Å². The third kappa shape index (κ3) is 6.13. The van der Waals surface area contributed by atoms with E-state index in [1.54, 1.807) is 0 Å². The Morgan fingerprint density at radius 1 is 0.917 bits per heavy atom. The number of ether oxygens (including phenoxy) is 4. The molecule has 0 aliphatic carbocycles. The minimum Gasteiger partial charge on any atom is -0.459 e. The molecular formula is C14H16F3NO6. The second kappa shape index (κ2) is 9.18. The van der Waals surface area contributed by atoms with Gasteiger partial charge in [0.15, 0.2) is 0 Å². The standard InChI is InChI=1S/C14H16F3NO6/c1-21-3-5-23-12(19)10-7-9(14(15,16)17)8-11(18-10)13(20)24-6-4-22-2/h7-8H,3-6H2,1-2H3. The van der Waals surface area contributed by atoms with E-state index in [2.05, 4.69) is 14.5 Å². The largest absolute Gasteiger partial charge is 0.459 e.